The molecular formula is C18H20N4O4S. The Morgan fingerprint density at radius 3 is 2.81 bits per heavy atom. The average molecular weight is 388 g/mol. The molecule has 9 heteroatoms. The monoisotopic (exact) mass is 388 g/mol. The van der Waals surface area contributed by atoms with Crippen LogP contribution >= 0.6 is 11.3 Å². The van der Waals surface area contributed by atoms with Crippen molar-refractivity contribution < 1.29 is 19.1 Å². The van der Waals surface area contributed by atoms with E-state index in [1.54, 1.807) is 11.9 Å². The molecule has 1 aromatic heterocycles. The Hall–Kier alpha value is -2.68. The third kappa shape index (κ3) is 3.23. The molecule has 3 heterocycles. The Bertz CT molecular complexity index is 897. The summed E-state index contributed by atoms with van der Waals surface area (Å²) in [6.07, 6.45) is 0.150. The fourth-order valence-electron chi connectivity index (χ4n) is 3.37. The van der Waals surface area contributed by atoms with Crippen molar-refractivity contribution in [2.45, 2.75) is 32.2 Å². The number of anilines is 1. The second-order valence-corrected chi connectivity index (χ2v) is 7.97. The summed E-state index contributed by atoms with van der Waals surface area (Å²) in [5.74, 6) is 0.717. The Kier molecular flexibility index (Phi) is 4.47. The van der Waals surface area contributed by atoms with Crippen LogP contribution in [0.3, 0.4) is 0 Å². The number of benzene rings is 1. The predicted octanol–water partition coefficient (Wildman–Crippen LogP) is 2.55. The van der Waals surface area contributed by atoms with Crippen molar-refractivity contribution in [1.29, 1.82) is 0 Å². The average Bonchev–Trinajstić information content (AvgIpc) is 3.34. The number of fused-ring (bicyclic) bond motifs is 1. The number of rotatable bonds is 4. The molecular weight excluding hydrogens is 368 g/mol. The number of nitrogens with one attached hydrogen (secondary N) is 1. The lowest BCUT2D eigenvalue weighted by molar-refractivity contribution is -0.127. The van der Waals surface area contributed by atoms with Gasteiger partial charge < -0.3 is 19.7 Å². The molecule has 8 nitrogen and oxygen atoms in total. The van der Waals surface area contributed by atoms with Crippen molar-refractivity contribution in [3.8, 4) is 11.5 Å². The molecule has 0 unspecified atom stereocenters. The molecule has 0 radical (unpaired) electrons. The quantitative estimate of drug-likeness (QED) is 0.865. The van der Waals surface area contributed by atoms with Crippen LogP contribution in [0.15, 0.2) is 18.2 Å². The highest BCUT2D eigenvalue weighted by molar-refractivity contribution is 7.15. The summed E-state index contributed by atoms with van der Waals surface area (Å²) in [6, 6.07) is 5.15. The van der Waals surface area contributed by atoms with Crippen LogP contribution in [0.25, 0.3) is 0 Å². The molecule has 2 amide bonds. The lowest BCUT2D eigenvalue weighted by Gasteiger charge is -2.24. The molecule has 0 spiro atoms. The Morgan fingerprint density at radius 2 is 2.07 bits per heavy atom. The predicted molar refractivity (Wildman–Crippen MR) is 98.8 cm³/mol. The number of aromatic nitrogens is 2. The van der Waals surface area contributed by atoms with Crippen molar-refractivity contribution in [1.82, 2.24) is 15.1 Å². The van der Waals surface area contributed by atoms with Crippen LogP contribution in [0.1, 0.15) is 42.8 Å². The highest BCUT2D eigenvalue weighted by Gasteiger charge is 2.43. The maximum absolute atomic E-state index is 12.9. The van der Waals surface area contributed by atoms with Gasteiger partial charge in [0.05, 0.1) is 12.0 Å². The van der Waals surface area contributed by atoms with E-state index in [0.29, 0.717) is 16.6 Å². The first-order chi connectivity index (χ1) is 12.9. The minimum absolute atomic E-state index is 0.0713. The van der Waals surface area contributed by atoms with Crippen LogP contribution in [-0.2, 0) is 9.59 Å². The van der Waals surface area contributed by atoms with Gasteiger partial charge in [0, 0.05) is 19.4 Å². The molecule has 2 aromatic rings. The van der Waals surface area contributed by atoms with E-state index in [1.807, 2.05) is 32.0 Å². The van der Waals surface area contributed by atoms with Crippen molar-refractivity contribution in [3.63, 3.8) is 0 Å². The minimum Gasteiger partial charge on any atom is -0.454 e. The van der Waals surface area contributed by atoms with E-state index in [9.17, 15) is 9.59 Å². The smallest absolute Gasteiger partial charge is 0.232 e. The number of likely N-dealkylation sites (tertiary alicyclic amines) is 1. The second kappa shape index (κ2) is 6.80. The standard InChI is InChI=1S/C18H20N4O4S/c1-9(2)17-20-21-18(27-17)19-16(24)11-7-14(23)22(3)15(11)10-4-5-12-13(6-10)26-8-25-12/h4-6,9,11,15H,7-8H2,1-3H3,(H,19,21,24)/t11-,15-/m1/s1. The van der Waals surface area contributed by atoms with Crippen LogP contribution in [-0.4, -0.2) is 40.8 Å². The minimum atomic E-state index is -0.519. The molecule has 2 atom stereocenters. The zero-order chi connectivity index (χ0) is 19.1. The molecule has 1 aromatic carbocycles. The summed E-state index contributed by atoms with van der Waals surface area (Å²) >= 11 is 1.35. The largest absolute Gasteiger partial charge is 0.454 e. The molecule has 2 aliphatic heterocycles. The normalized spacial score (nSPS) is 21.2. The van der Waals surface area contributed by atoms with Crippen LogP contribution in [0.4, 0.5) is 5.13 Å². The molecule has 4 rings (SSSR count). The van der Waals surface area contributed by atoms with E-state index in [0.717, 1.165) is 10.6 Å². The van der Waals surface area contributed by atoms with Crippen LogP contribution < -0.4 is 14.8 Å². The topological polar surface area (TPSA) is 93.7 Å². The van der Waals surface area contributed by atoms with Crippen LogP contribution in [0, 0.1) is 5.92 Å². The van der Waals surface area contributed by atoms with Gasteiger partial charge in [-0.15, -0.1) is 10.2 Å². The lowest BCUT2D eigenvalue weighted by Crippen LogP contribution is -2.30. The van der Waals surface area contributed by atoms with Gasteiger partial charge in [-0.25, -0.2) is 0 Å². The zero-order valence-corrected chi connectivity index (χ0v) is 16.1. The molecule has 1 saturated heterocycles. The van der Waals surface area contributed by atoms with E-state index in [4.69, 9.17) is 9.47 Å². The van der Waals surface area contributed by atoms with Crippen LogP contribution in [0.2, 0.25) is 0 Å². The summed E-state index contributed by atoms with van der Waals surface area (Å²) in [5.41, 5.74) is 0.841. The summed E-state index contributed by atoms with van der Waals surface area (Å²) < 4.78 is 10.8. The van der Waals surface area contributed by atoms with Gasteiger partial charge in [-0.05, 0) is 17.7 Å². The number of carbonyl (C=O) groups excluding carboxylic acids is 2. The van der Waals surface area contributed by atoms with Gasteiger partial charge in [-0.2, -0.15) is 0 Å². The maximum Gasteiger partial charge on any atom is 0.232 e. The fourth-order valence-corrected chi connectivity index (χ4v) is 4.12. The fraction of sp³-hybridized carbons (Fsp3) is 0.444. The first kappa shape index (κ1) is 17.7. The van der Waals surface area contributed by atoms with Crippen molar-refractivity contribution >= 4 is 28.3 Å². The number of carbonyl (C=O) groups is 2. The molecule has 27 heavy (non-hydrogen) atoms. The van der Waals surface area contributed by atoms with Gasteiger partial charge in [0.1, 0.15) is 5.01 Å². The summed E-state index contributed by atoms with van der Waals surface area (Å²) in [4.78, 5) is 26.8. The Balaban J connectivity index is 1.58. The third-order valence-corrected chi connectivity index (χ3v) is 5.97. The number of amides is 2. The SMILES string of the molecule is CC(C)c1nnc(NC(=O)[C@@H]2CC(=O)N(C)[C@@H]2c2ccc3c(c2)OCO3)s1. The first-order valence-electron chi connectivity index (χ1n) is 8.73. The van der Waals surface area contributed by atoms with Crippen molar-refractivity contribution in [3.05, 3.63) is 28.8 Å². The van der Waals surface area contributed by atoms with Gasteiger partial charge in [0.25, 0.3) is 0 Å². The second-order valence-electron chi connectivity index (χ2n) is 6.96. The van der Waals surface area contributed by atoms with Crippen molar-refractivity contribution in [2.75, 3.05) is 19.2 Å². The van der Waals surface area contributed by atoms with Crippen molar-refractivity contribution in [2.24, 2.45) is 5.92 Å². The number of hydrogen-bond acceptors (Lipinski definition) is 7. The van der Waals surface area contributed by atoms with E-state index in [1.165, 1.54) is 11.3 Å². The number of nitrogens with zero attached hydrogens (tertiary/aromatic N) is 3. The highest BCUT2D eigenvalue weighted by atomic mass is 32.1. The van der Waals surface area contributed by atoms with E-state index < -0.39 is 5.92 Å². The Labute approximate surface area is 160 Å². The Morgan fingerprint density at radius 1 is 1.30 bits per heavy atom. The number of ether oxygens (including phenoxy) is 2. The molecule has 1 N–H and O–H groups in total. The van der Waals surface area contributed by atoms with E-state index in [-0.39, 0.29) is 37.0 Å². The molecule has 0 aliphatic carbocycles. The summed E-state index contributed by atoms with van der Waals surface area (Å²) in [5, 5.41) is 12.3. The van der Waals surface area contributed by atoms with E-state index in [2.05, 4.69) is 15.5 Å². The number of hydrogen-bond donors (Lipinski definition) is 1. The molecule has 0 bridgehead atoms. The van der Waals surface area contributed by atoms with Gasteiger partial charge >= 0.3 is 0 Å². The molecule has 0 saturated carbocycles. The van der Waals surface area contributed by atoms with Crippen LogP contribution in [0.5, 0.6) is 11.5 Å². The highest BCUT2D eigenvalue weighted by Crippen LogP contribution is 2.42. The maximum atomic E-state index is 12.9. The molecule has 142 valence electrons. The molecule has 2 aliphatic rings. The van der Waals surface area contributed by atoms with E-state index >= 15 is 0 Å². The summed E-state index contributed by atoms with van der Waals surface area (Å²) in [7, 11) is 1.71. The lowest BCUT2D eigenvalue weighted by atomic mass is 9.92. The molecule has 1 fully saturated rings. The zero-order valence-electron chi connectivity index (χ0n) is 15.3. The van der Waals surface area contributed by atoms with Gasteiger partial charge in [0.15, 0.2) is 11.5 Å². The first-order valence-corrected chi connectivity index (χ1v) is 9.55. The third-order valence-electron chi connectivity index (χ3n) is 4.83. The van der Waals surface area contributed by atoms with Gasteiger partial charge in [-0.1, -0.05) is 31.3 Å². The van der Waals surface area contributed by atoms with Gasteiger partial charge in [0.2, 0.25) is 23.7 Å². The summed E-state index contributed by atoms with van der Waals surface area (Å²) in [6.45, 7) is 4.22. The van der Waals surface area contributed by atoms with Gasteiger partial charge in [-0.3, -0.25) is 9.59 Å².